The van der Waals surface area contributed by atoms with Crippen molar-refractivity contribution in [3.8, 4) is 0 Å². The SMILES string of the molecule is CC(CCN(C)C)NCc1cccc(C(F)(F)F)c1. The van der Waals surface area contributed by atoms with Gasteiger partial charge in [0.2, 0.25) is 0 Å². The Labute approximate surface area is 112 Å². The summed E-state index contributed by atoms with van der Waals surface area (Å²) in [7, 11) is 4.00. The highest BCUT2D eigenvalue weighted by molar-refractivity contribution is 5.25. The molecule has 1 rings (SSSR count). The molecule has 2 nitrogen and oxygen atoms in total. The number of nitrogens with one attached hydrogen (secondary N) is 1. The number of rotatable bonds is 6. The number of hydrogen-bond donors (Lipinski definition) is 1. The number of halogens is 3. The third-order valence-electron chi connectivity index (χ3n) is 2.92. The number of nitrogens with zero attached hydrogens (tertiary/aromatic N) is 1. The summed E-state index contributed by atoms with van der Waals surface area (Å²) in [6, 6.07) is 5.73. The van der Waals surface area contributed by atoms with Gasteiger partial charge in [0.25, 0.3) is 0 Å². The summed E-state index contributed by atoms with van der Waals surface area (Å²) in [5, 5.41) is 3.24. The number of benzene rings is 1. The molecule has 5 heteroatoms. The molecule has 19 heavy (non-hydrogen) atoms. The molecular weight excluding hydrogens is 253 g/mol. The molecular formula is C14H21F3N2. The first-order valence-corrected chi connectivity index (χ1v) is 6.33. The summed E-state index contributed by atoms with van der Waals surface area (Å²) in [5.41, 5.74) is 0.0688. The van der Waals surface area contributed by atoms with Crippen LogP contribution in [0.25, 0.3) is 0 Å². The van der Waals surface area contributed by atoms with E-state index in [1.165, 1.54) is 12.1 Å². The van der Waals surface area contributed by atoms with Crippen molar-refractivity contribution in [2.45, 2.75) is 32.1 Å². The molecule has 0 saturated carbocycles. The van der Waals surface area contributed by atoms with Gasteiger partial charge in [-0.2, -0.15) is 13.2 Å². The fourth-order valence-corrected chi connectivity index (χ4v) is 1.70. The second-order valence-corrected chi connectivity index (χ2v) is 5.07. The maximum absolute atomic E-state index is 12.6. The lowest BCUT2D eigenvalue weighted by Gasteiger charge is -2.17. The third kappa shape index (κ3) is 6.07. The Morgan fingerprint density at radius 2 is 1.95 bits per heavy atom. The second-order valence-electron chi connectivity index (χ2n) is 5.07. The highest BCUT2D eigenvalue weighted by Crippen LogP contribution is 2.29. The van der Waals surface area contributed by atoms with Gasteiger partial charge in [-0.05, 0) is 45.6 Å². The molecule has 0 saturated heterocycles. The Hall–Kier alpha value is -1.07. The Bertz CT molecular complexity index is 389. The van der Waals surface area contributed by atoms with E-state index < -0.39 is 11.7 Å². The van der Waals surface area contributed by atoms with Crippen molar-refractivity contribution in [2.75, 3.05) is 20.6 Å². The van der Waals surface area contributed by atoms with Crippen LogP contribution in [-0.4, -0.2) is 31.6 Å². The Morgan fingerprint density at radius 3 is 2.53 bits per heavy atom. The molecule has 0 aliphatic carbocycles. The quantitative estimate of drug-likeness (QED) is 0.857. The Balaban J connectivity index is 2.49. The van der Waals surface area contributed by atoms with Crippen LogP contribution in [0.5, 0.6) is 0 Å². The number of alkyl halides is 3. The van der Waals surface area contributed by atoms with Crippen molar-refractivity contribution in [3.63, 3.8) is 0 Å². The van der Waals surface area contributed by atoms with E-state index in [2.05, 4.69) is 10.2 Å². The van der Waals surface area contributed by atoms with E-state index in [0.717, 1.165) is 19.0 Å². The van der Waals surface area contributed by atoms with Crippen LogP contribution in [-0.2, 0) is 12.7 Å². The second kappa shape index (κ2) is 6.91. The minimum atomic E-state index is -4.27. The summed E-state index contributed by atoms with van der Waals surface area (Å²) in [5.74, 6) is 0. The monoisotopic (exact) mass is 274 g/mol. The van der Waals surface area contributed by atoms with Crippen molar-refractivity contribution in [2.24, 2.45) is 0 Å². The maximum Gasteiger partial charge on any atom is 0.416 e. The van der Waals surface area contributed by atoms with Gasteiger partial charge in [0, 0.05) is 12.6 Å². The minimum absolute atomic E-state index is 0.275. The summed E-state index contributed by atoms with van der Waals surface area (Å²) >= 11 is 0. The van der Waals surface area contributed by atoms with E-state index in [1.54, 1.807) is 6.07 Å². The summed E-state index contributed by atoms with van der Waals surface area (Å²) in [6.07, 6.45) is -3.31. The first kappa shape index (κ1) is 16.0. The minimum Gasteiger partial charge on any atom is -0.310 e. The van der Waals surface area contributed by atoms with Crippen molar-refractivity contribution < 1.29 is 13.2 Å². The first-order chi connectivity index (χ1) is 8.79. The zero-order valence-corrected chi connectivity index (χ0v) is 11.6. The zero-order chi connectivity index (χ0) is 14.5. The lowest BCUT2D eigenvalue weighted by molar-refractivity contribution is -0.137. The molecule has 0 aromatic heterocycles. The lowest BCUT2D eigenvalue weighted by atomic mass is 10.1. The molecule has 0 amide bonds. The fraction of sp³-hybridized carbons (Fsp3) is 0.571. The molecule has 1 aromatic carbocycles. The molecule has 0 aliphatic heterocycles. The van der Waals surface area contributed by atoms with Crippen LogP contribution in [0.15, 0.2) is 24.3 Å². The highest BCUT2D eigenvalue weighted by atomic mass is 19.4. The molecule has 0 aliphatic rings. The van der Waals surface area contributed by atoms with Gasteiger partial charge in [0.1, 0.15) is 0 Å². The normalized spacial score (nSPS) is 13.8. The van der Waals surface area contributed by atoms with Crippen molar-refractivity contribution in [1.82, 2.24) is 10.2 Å². The predicted molar refractivity (Wildman–Crippen MR) is 70.9 cm³/mol. The lowest BCUT2D eigenvalue weighted by Crippen LogP contribution is -2.29. The van der Waals surface area contributed by atoms with Crippen molar-refractivity contribution in [3.05, 3.63) is 35.4 Å². The van der Waals surface area contributed by atoms with Gasteiger partial charge < -0.3 is 10.2 Å². The molecule has 1 unspecified atom stereocenters. The van der Waals surface area contributed by atoms with Crippen LogP contribution in [0.3, 0.4) is 0 Å². The van der Waals surface area contributed by atoms with Gasteiger partial charge in [0.15, 0.2) is 0 Å². The third-order valence-corrected chi connectivity index (χ3v) is 2.92. The Kier molecular flexibility index (Phi) is 5.82. The van der Waals surface area contributed by atoms with Gasteiger partial charge in [-0.15, -0.1) is 0 Å². The molecule has 108 valence electrons. The van der Waals surface area contributed by atoms with Crippen LogP contribution >= 0.6 is 0 Å². The summed E-state index contributed by atoms with van der Waals surface area (Å²) in [6.45, 7) is 3.45. The van der Waals surface area contributed by atoms with E-state index in [1.807, 2.05) is 21.0 Å². The molecule has 0 heterocycles. The first-order valence-electron chi connectivity index (χ1n) is 6.33. The van der Waals surface area contributed by atoms with Gasteiger partial charge in [0.05, 0.1) is 5.56 Å². The maximum atomic E-state index is 12.6. The molecule has 1 N–H and O–H groups in total. The predicted octanol–water partition coefficient (Wildman–Crippen LogP) is 3.14. The molecule has 1 aromatic rings. The smallest absolute Gasteiger partial charge is 0.310 e. The van der Waals surface area contributed by atoms with E-state index in [4.69, 9.17) is 0 Å². The molecule has 0 fully saturated rings. The molecule has 0 radical (unpaired) electrons. The van der Waals surface area contributed by atoms with Gasteiger partial charge in [-0.3, -0.25) is 0 Å². The largest absolute Gasteiger partial charge is 0.416 e. The molecule has 1 atom stereocenters. The van der Waals surface area contributed by atoms with Crippen molar-refractivity contribution in [1.29, 1.82) is 0 Å². The van der Waals surface area contributed by atoms with E-state index >= 15 is 0 Å². The highest BCUT2D eigenvalue weighted by Gasteiger charge is 2.30. The van der Waals surface area contributed by atoms with Gasteiger partial charge in [-0.25, -0.2) is 0 Å². The zero-order valence-electron chi connectivity index (χ0n) is 11.6. The standard InChI is InChI=1S/C14H21F3N2/c1-11(7-8-19(2)3)18-10-12-5-4-6-13(9-12)14(15,16)17/h4-6,9,11,18H,7-8,10H2,1-3H3. The molecule has 0 spiro atoms. The van der Waals surface area contributed by atoms with Crippen LogP contribution < -0.4 is 5.32 Å². The average Bonchev–Trinajstić information content (AvgIpc) is 2.33. The Morgan fingerprint density at radius 1 is 1.26 bits per heavy atom. The summed E-state index contributed by atoms with van der Waals surface area (Å²) in [4.78, 5) is 2.09. The van der Waals surface area contributed by atoms with E-state index in [9.17, 15) is 13.2 Å². The van der Waals surface area contributed by atoms with Crippen LogP contribution in [0, 0.1) is 0 Å². The fourth-order valence-electron chi connectivity index (χ4n) is 1.70. The van der Waals surface area contributed by atoms with Crippen LogP contribution in [0.2, 0.25) is 0 Å². The molecule has 0 bridgehead atoms. The summed E-state index contributed by atoms with van der Waals surface area (Å²) < 4.78 is 37.7. The van der Waals surface area contributed by atoms with Gasteiger partial charge >= 0.3 is 6.18 Å². The topological polar surface area (TPSA) is 15.3 Å². The number of hydrogen-bond acceptors (Lipinski definition) is 2. The van der Waals surface area contributed by atoms with Crippen molar-refractivity contribution >= 4 is 0 Å². The van der Waals surface area contributed by atoms with E-state index in [0.29, 0.717) is 12.1 Å². The van der Waals surface area contributed by atoms with Crippen LogP contribution in [0.4, 0.5) is 13.2 Å². The van der Waals surface area contributed by atoms with Crippen LogP contribution in [0.1, 0.15) is 24.5 Å². The average molecular weight is 274 g/mol. The van der Waals surface area contributed by atoms with E-state index in [-0.39, 0.29) is 6.04 Å². The van der Waals surface area contributed by atoms with Gasteiger partial charge in [-0.1, -0.05) is 18.2 Å².